The summed E-state index contributed by atoms with van der Waals surface area (Å²) in [5.74, 6) is -0.845. The number of carboxylic acids is 1. The second-order valence-electron chi connectivity index (χ2n) is 10.3. The number of hydrogen-bond acceptors (Lipinski definition) is 5. The lowest BCUT2D eigenvalue weighted by Crippen LogP contribution is -2.36. The Kier molecular flexibility index (Phi) is 6.23. The summed E-state index contributed by atoms with van der Waals surface area (Å²) in [7, 11) is 0. The van der Waals surface area contributed by atoms with Crippen LogP contribution in [0.2, 0.25) is 0 Å². The largest absolute Gasteiger partial charge is 0.481 e. The lowest BCUT2D eigenvalue weighted by Gasteiger charge is -2.34. The molecule has 0 saturated heterocycles. The Labute approximate surface area is 199 Å². The summed E-state index contributed by atoms with van der Waals surface area (Å²) in [6, 6.07) is 13.4. The van der Waals surface area contributed by atoms with Gasteiger partial charge in [0.05, 0.1) is 41.1 Å². The Balaban J connectivity index is 1.58. The third kappa shape index (κ3) is 5.15. The molecular weight excluding hydrogens is 426 g/mol. The van der Waals surface area contributed by atoms with E-state index in [2.05, 4.69) is 44.0 Å². The van der Waals surface area contributed by atoms with E-state index in [0.29, 0.717) is 6.54 Å². The molecule has 4 rings (SSSR count). The van der Waals surface area contributed by atoms with Crippen LogP contribution in [0.4, 0.5) is 0 Å². The monoisotopic (exact) mass is 457 g/mol. The van der Waals surface area contributed by atoms with Crippen molar-refractivity contribution in [2.45, 2.75) is 46.1 Å². The maximum absolute atomic E-state index is 10.9. The van der Waals surface area contributed by atoms with Crippen molar-refractivity contribution in [1.29, 1.82) is 0 Å². The van der Waals surface area contributed by atoms with E-state index < -0.39 is 5.97 Å². The van der Waals surface area contributed by atoms with Crippen LogP contribution in [0.1, 0.15) is 39.7 Å². The molecule has 0 spiro atoms. The molecule has 0 saturated carbocycles. The normalized spacial score (nSPS) is 12.3. The van der Waals surface area contributed by atoms with Gasteiger partial charge in [0.25, 0.3) is 0 Å². The molecule has 0 aliphatic carbocycles. The highest BCUT2D eigenvalue weighted by Gasteiger charge is 2.30. The molecule has 0 aliphatic rings. The highest BCUT2D eigenvalue weighted by Crippen LogP contribution is 2.33. The van der Waals surface area contributed by atoms with Gasteiger partial charge >= 0.3 is 5.97 Å². The van der Waals surface area contributed by atoms with Crippen LogP contribution in [0.3, 0.4) is 0 Å². The number of aliphatic carboxylic acids is 1. The van der Waals surface area contributed by atoms with Gasteiger partial charge in [-0.05, 0) is 55.5 Å². The molecule has 176 valence electrons. The summed E-state index contributed by atoms with van der Waals surface area (Å²) in [6.07, 6.45) is 6.64. The molecule has 2 aromatic heterocycles. The third-order valence-electron chi connectivity index (χ3n) is 6.15. The molecule has 4 aromatic rings. The quantitative estimate of drug-likeness (QED) is 0.390. The number of benzene rings is 2. The maximum Gasteiger partial charge on any atom is 0.307 e. The average molecular weight is 458 g/mol. The maximum atomic E-state index is 10.9. The van der Waals surface area contributed by atoms with E-state index in [1.54, 1.807) is 6.20 Å². The number of hydrogen-bond donors (Lipinski definition) is 2. The first-order chi connectivity index (χ1) is 16.1. The second-order valence-corrected chi connectivity index (χ2v) is 10.3. The van der Waals surface area contributed by atoms with Crippen LogP contribution in [0, 0.1) is 5.41 Å². The molecule has 0 unspecified atom stereocenters. The van der Waals surface area contributed by atoms with E-state index >= 15 is 0 Å². The first-order valence-corrected chi connectivity index (χ1v) is 11.4. The molecule has 0 aliphatic heterocycles. The Morgan fingerprint density at radius 1 is 0.971 bits per heavy atom. The Morgan fingerprint density at radius 3 is 2.35 bits per heavy atom. The van der Waals surface area contributed by atoms with Gasteiger partial charge in [-0.2, -0.15) is 5.10 Å². The first kappa shape index (κ1) is 23.6. The molecule has 0 radical (unpaired) electrons. The van der Waals surface area contributed by atoms with E-state index in [-0.39, 0.29) is 17.4 Å². The number of carboxylic acid groups (broad SMARTS) is 1. The van der Waals surface area contributed by atoms with Crippen LogP contribution in [-0.2, 0) is 16.8 Å². The van der Waals surface area contributed by atoms with Crippen molar-refractivity contribution in [2.24, 2.45) is 11.1 Å². The van der Waals surface area contributed by atoms with Gasteiger partial charge < -0.3 is 10.8 Å². The zero-order chi connectivity index (χ0) is 24.5. The van der Waals surface area contributed by atoms with Gasteiger partial charge in [-0.3, -0.25) is 14.5 Å². The molecule has 3 N–H and O–H groups in total. The zero-order valence-corrected chi connectivity index (χ0v) is 20.1. The van der Waals surface area contributed by atoms with Crippen molar-refractivity contribution in [3.05, 3.63) is 66.6 Å². The van der Waals surface area contributed by atoms with Crippen LogP contribution < -0.4 is 5.73 Å². The van der Waals surface area contributed by atoms with Crippen molar-refractivity contribution < 1.29 is 9.90 Å². The van der Waals surface area contributed by atoms with E-state index in [0.717, 1.165) is 45.4 Å². The highest BCUT2D eigenvalue weighted by molar-refractivity contribution is 5.82. The van der Waals surface area contributed by atoms with E-state index in [1.807, 2.05) is 53.3 Å². The first-order valence-electron chi connectivity index (χ1n) is 11.4. The number of nitrogens with two attached hydrogens (primary N) is 1. The van der Waals surface area contributed by atoms with Crippen molar-refractivity contribution >= 4 is 17.0 Å². The smallest absolute Gasteiger partial charge is 0.307 e. The minimum absolute atomic E-state index is 0.00496. The fourth-order valence-corrected chi connectivity index (χ4v) is 4.42. The summed E-state index contributed by atoms with van der Waals surface area (Å²) in [5, 5.41) is 13.6. The van der Waals surface area contributed by atoms with E-state index in [9.17, 15) is 4.79 Å². The van der Waals surface area contributed by atoms with Crippen LogP contribution in [0.25, 0.3) is 33.4 Å². The van der Waals surface area contributed by atoms with E-state index in [4.69, 9.17) is 15.8 Å². The summed E-state index contributed by atoms with van der Waals surface area (Å²) >= 11 is 0. The number of rotatable bonds is 8. The molecule has 0 atom stereocenters. The summed E-state index contributed by atoms with van der Waals surface area (Å²) in [6.45, 7) is 9.35. The number of nitrogens with zero attached hydrogens (tertiary/aromatic N) is 4. The number of carbonyl (C=O) groups is 1. The molecule has 0 fully saturated rings. The molecule has 34 heavy (non-hydrogen) atoms. The van der Waals surface area contributed by atoms with Gasteiger partial charge in [-0.25, -0.2) is 4.98 Å². The molecule has 0 bridgehead atoms. The molecule has 0 amide bonds. The van der Waals surface area contributed by atoms with Crippen molar-refractivity contribution in [2.75, 3.05) is 6.54 Å². The molecule has 2 heterocycles. The summed E-state index contributed by atoms with van der Waals surface area (Å²) < 4.78 is 2.02. The van der Waals surface area contributed by atoms with Gasteiger partial charge in [0.1, 0.15) is 0 Å². The summed E-state index contributed by atoms with van der Waals surface area (Å²) in [5.41, 5.74) is 11.9. The van der Waals surface area contributed by atoms with Gasteiger partial charge in [0, 0.05) is 17.3 Å². The topological polar surface area (TPSA) is 107 Å². The van der Waals surface area contributed by atoms with Crippen LogP contribution in [0.5, 0.6) is 0 Å². The van der Waals surface area contributed by atoms with Crippen molar-refractivity contribution in [3.8, 4) is 22.4 Å². The van der Waals surface area contributed by atoms with Crippen molar-refractivity contribution in [1.82, 2.24) is 19.7 Å². The fourth-order valence-electron chi connectivity index (χ4n) is 4.42. The Hall–Kier alpha value is -3.58. The SMILES string of the molecule is CC(C)(CN)CC(C)(C)n1cc(-c2ccc3nc(-c4ccc(CC(=O)O)cc4)cnc3c2)cn1. The van der Waals surface area contributed by atoms with Crippen molar-refractivity contribution in [3.63, 3.8) is 0 Å². The molecular formula is C27H31N5O2. The lowest BCUT2D eigenvalue weighted by molar-refractivity contribution is -0.136. The van der Waals surface area contributed by atoms with Crippen LogP contribution >= 0.6 is 0 Å². The number of fused-ring (bicyclic) bond motifs is 1. The Bertz CT molecular complexity index is 1320. The summed E-state index contributed by atoms with van der Waals surface area (Å²) in [4.78, 5) is 20.3. The van der Waals surface area contributed by atoms with Gasteiger partial charge in [-0.1, -0.05) is 44.2 Å². The van der Waals surface area contributed by atoms with Crippen LogP contribution in [0.15, 0.2) is 61.1 Å². The van der Waals surface area contributed by atoms with Gasteiger partial charge in [0.15, 0.2) is 0 Å². The molecule has 7 heteroatoms. The molecule has 7 nitrogen and oxygen atoms in total. The predicted molar refractivity (Wildman–Crippen MR) is 134 cm³/mol. The predicted octanol–water partition coefficient (Wildman–Crippen LogP) is 4.90. The average Bonchev–Trinajstić information content (AvgIpc) is 3.29. The van der Waals surface area contributed by atoms with Gasteiger partial charge in [-0.15, -0.1) is 0 Å². The molecule has 2 aromatic carbocycles. The minimum atomic E-state index is -0.845. The number of aromatic nitrogens is 4. The second kappa shape index (κ2) is 8.99. The standard InChI is InChI=1S/C27H31N5O2/c1-26(2,17-28)16-27(3,4)32-15-21(13-30-32)20-9-10-22-23(12-20)29-14-24(31-22)19-7-5-18(6-8-19)11-25(33)34/h5-10,12-15H,11,16-17,28H2,1-4H3,(H,33,34). The third-order valence-corrected chi connectivity index (χ3v) is 6.15. The van der Waals surface area contributed by atoms with Gasteiger partial charge in [0.2, 0.25) is 0 Å². The van der Waals surface area contributed by atoms with Crippen LogP contribution in [-0.4, -0.2) is 37.4 Å². The Morgan fingerprint density at radius 2 is 1.68 bits per heavy atom. The highest BCUT2D eigenvalue weighted by atomic mass is 16.4. The van der Waals surface area contributed by atoms with E-state index in [1.165, 1.54) is 0 Å². The fraction of sp³-hybridized carbons (Fsp3) is 0.333. The zero-order valence-electron chi connectivity index (χ0n) is 20.1. The minimum Gasteiger partial charge on any atom is -0.481 e. The lowest BCUT2D eigenvalue weighted by atomic mass is 9.80.